The summed E-state index contributed by atoms with van der Waals surface area (Å²) in [6.45, 7) is 2.25. The fraction of sp³-hybridized carbons (Fsp3) is 0.625. The van der Waals surface area contributed by atoms with E-state index in [1.165, 1.54) is 50.5 Å². The zero-order valence-corrected chi connectivity index (χ0v) is 12.6. The molecule has 0 saturated heterocycles. The lowest BCUT2D eigenvalue weighted by molar-refractivity contribution is 0.576. The van der Waals surface area contributed by atoms with Crippen molar-refractivity contribution in [3.63, 3.8) is 0 Å². The minimum Gasteiger partial charge on any atom is -0.400 e. The van der Waals surface area contributed by atoms with Crippen LogP contribution in [0.4, 0.5) is 0 Å². The lowest BCUT2D eigenvalue weighted by Gasteiger charge is -2.04. The Kier molecular flexibility index (Phi) is 5.90. The molecule has 0 fully saturated rings. The van der Waals surface area contributed by atoms with Gasteiger partial charge in [0.05, 0.1) is 5.75 Å². The van der Waals surface area contributed by atoms with Crippen LogP contribution in [-0.2, 0) is 23.3 Å². The van der Waals surface area contributed by atoms with E-state index in [2.05, 4.69) is 19.1 Å². The van der Waals surface area contributed by atoms with E-state index in [0.29, 0.717) is 5.75 Å². The molecule has 106 valence electrons. The minimum absolute atomic E-state index is 0.556. The van der Waals surface area contributed by atoms with Gasteiger partial charge in [-0.2, -0.15) is 0 Å². The first-order valence-corrected chi connectivity index (χ1v) is 8.72. The fourth-order valence-corrected chi connectivity index (χ4v) is 3.43. The van der Waals surface area contributed by atoms with Crippen LogP contribution in [0.1, 0.15) is 63.0 Å². The Bertz CT molecular complexity index is 429. The Hall–Kier alpha value is -0.830. The molecular weight excluding hydrogens is 256 g/mol. The molecule has 2 nitrogen and oxygen atoms in total. The summed E-state index contributed by atoms with van der Waals surface area (Å²) in [4.78, 5) is 0. The SMILES string of the molecule is CCCCCCCCCc1ccc2c(c1)CS(=O)O2. The summed E-state index contributed by atoms with van der Waals surface area (Å²) in [7, 11) is 0. The van der Waals surface area contributed by atoms with Gasteiger partial charge < -0.3 is 4.18 Å². The average Bonchev–Trinajstić information content (AvgIpc) is 2.77. The molecule has 19 heavy (non-hydrogen) atoms. The maximum absolute atomic E-state index is 11.3. The van der Waals surface area contributed by atoms with Gasteiger partial charge in [0, 0.05) is 5.56 Å². The maximum Gasteiger partial charge on any atom is 0.211 e. The number of hydrogen-bond acceptors (Lipinski definition) is 2. The van der Waals surface area contributed by atoms with E-state index >= 15 is 0 Å². The van der Waals surface area contributed by atoms with E-state index in [-0.39, 0.29) is 0 Å². The molecule has 0 aliphatic carbocycles. The Balaban J connectivity index is 1.67. The maximum atomic E-state index is 11.3. The molecule has 2 rings (SSSR count). The van der Waals surface area contributed by atoms with Crippen LogP contribution in [0, 0.1) is 0 Å². The first-order chi connectivity index (χ1) is 9.29. The molecule has 1 aliphatic rings. The van der Waals surface area contributed by atoms with Gasteiger partial charge in [-0.25, -0.2) is 4.21 Å². The molecule has 0 N–H and O–H groups in total. The molecular formula is C16H24O2S. The summed E-state index contributed by atoms with van der Waals surface area (Å²) in [6.07, 6.45) is 10.5. The smallest absolute Gasteiger partial charge is 0.211 e. The lowest BCUT2D eigenvalue weighted by Crippen LogP contribution is -1.90. The van der Waals surface area contributed by atoms with Crippen molar-refractivity contribution in [1.29, 1.82) is 0 Å². The number of unbranched alkanes of at least 4 members (excludes halogenated alkanes) is 6. The summed E-state index contributed by atoms with van der Waals surface area (Å²) >= 11 is -1.14. The molecule has 0 bridgehead atoms. The highest BCUT2D eigenvalue weighted by atomic mass is 32.2. The first-order valence-electron chi connectivity index (χ1n) is 7.48. The largest absolute Gasteiger partial charge is 0.400 e. The highest BCUT2D eigenvalue weighted by molar-refractivity contribution is 7.80. The van der Waals surface area contributed by atoms with Gasteiger partial charge in [0.25, 0.3) is 0 Å². The number of fused-ring (bicyclic) bond motifs is 1. The number of hydrogen-bond donors (Lipinski definition) is 0. The average molecular weight is 280 g/mol. The van der Waals surface area contributed by atoms with E-state index in [1.54, 1.807) is 0 Å². The molecule has 1 aromatic carbocycles. The van der Waals surface area contributed by atoms with Crippen molar-refractivity contribution < 1.29 is 8.39 Å². The van der Waals surface area contributed by atoms with Gasteiger partial charge in [0.2, 0.25) is 11.1 Å². The second-order valence-corrected chi connectivity index (χ2v) is 6.41. The molecule has 1 unspecified atom stereocenters. The van der Waals surface area contributed by atoms with Crippen molar-refractivity contribution in [3.05, 3.63) is 29.3 Å². The van der Waals surface area contributed by atoms with E-state index in [0.717, 1.165) is 17.7 Å². The zero-order chi connectivity index (χ0) is 13.5. The third-order valence-corrected chi connectivity index (χ3v) is 4.56. The monoisotopic (exact) mass is 280 g/mol. The zero-order valence-electron chi connectivity index (χ0n) is 11.8. The van der Waals surface area contributed by atoms with Crippen molar-refractivity contribution in [2.45, 2.75) is 64.0 Å². The molecule has 0 radical (unpaired) electrons. The Morgan fingerprint density at radius 1 is 1.11 bits per heavy atom. The molecule has 0 spiro atoms. The predicted molar refractivity (Wildman–Crippen MR) is 80.6 cm³/mol. The number of aryl methyl sites for hydroxylation is 1. The Labute approximate surface area is 119 Å². The summed E-state index contributed by atoms with van der Waals surface area (Å²) in [5, 5.41) is 0. The highest BCUT2D eigenvalue weighted by Crippen LogP contribution is 2.29. The van der Waals surface area contributed by atoms with Crippen LogP contribution < -0.4 is 4.18 Å². The Morgan fingerprint density at radius 2 is 1.84 bits per heavy atom. The highest BCUT2D eigenvalue weighted by Gasteiger charge is 2.18. The van der Waals surface area contributed by atoms with Crippen molar-refractivity contribution in [1.82, 2.24) is 0 Å². The van der Waals surface area contributed by atoms with Crippen LogP contribution in [0.15, 0.2) is 18.2 Å². The molecule has 1 aromatic rings. The van der Waals surface area contributed by atoms with Crippen LogP contribution in [0.5, 0.6) is 5.75 Å². The molecule has 0 saturated carbocycles. The summed E-state index contributed by atoms with van der Waals surface area (Å²) in [6, 6.07) is 6.24. The van der Waals surface area contributed by atoms with Gasteiger partial charge >= 0.3 is 0 Å². The van der Waals surface area contributed by atoms with Crippen molar-refractivity contribution in [2.24, 2.45) is 0 Å². The van der Waals surface area contributed by atoms with Crippen LogP contribution in [0.3, 0.4) is 0 Å². The second-order valence-electron chi connectivity index (χ2n) is 5.34. The summed E-state index contributed by atoms with van der Waals surface area (Å²) in [5.41, 5.74) is 2.47. The fourth-order valence-electron chi connectivity index (χ4n) is 2.53. The van der Waals surface area contributed by atoms with E-state index in [4.69, 9.17) is 4.18 Å². The van der Waals surface area contributed by atoms with E-state index in [9.17, 15) is 4.21 Å². The van der Waals surface area contributed by atoms with E-state index < -0.39 is 11.1 Å². The van der Waals surface area contributed by atoms with Crippen LogP contribution in [-0.4, -0.2) is 4.21 Å². The number of rotatable bonds is 8. The van der Waals surface area contributed by atoms with Crippen molar-refractivity contribution in [3.8, 4) is 5.75 Å². The standard InChI is InChI=1S/C16H24O2S/c1-2-3-4-5-6-7-8-9-14-10-11-16-15(12-14)13-19(17)18-16/h10-12H,2-9,13H2,1H3. The minimum atomic E-state index is -1.14. The summed E-state index contributed by atoms with van der Waals surface area (Å²) < 4.78 is 16.5. The van der Waals surface area contributed by atoms with Crippen LogP contribution in [0.2, 0.25) is 0 Å². The quantitative estimate of drug-likeness (QED) is 0.654. The summed E-state index contributed by atoms with van der Waals surface area (Å²) in [5.74, 6) is 1.36. The van der Waals surface area contributed by atoms with Gasteiger partial charge in [-0.05, 0) is 24.5 Å². The molecule has 0 amide bonds. The Morgan fingerprint density at radius 3 is 2.63 bits per heavy atom. The van der Waals surface area contributed by atoms with Gasteiger partial charge in [-0.15, -0.1) is 0 Å². The normalized spacial score (nSPS) is 17.2. The molecule has 3 heteroatoms. The lowest BCUT2D eigenvalue weighted by atomic mass is 10.0. The van der Waals surface area contributed by atoms with Gasteiger partial charge in [0.1, 0.15) is 5.75 Å². The van der Waals surface area contributed by atoms with E-state index in [1.807, 2.05) is 6.07 Å². The van der Waals surface area contributed by atoms with Gasteiger partial charge in [-0.3, -0.25) is 0 Å². The molecule has 1 heterocycles. The van der Waals surface area contributed by atoms with Gasteiger partial charge in [0.15, 0.2) is 0 Å². The van der Waals surface area contributed by atoms with Crippen LogP contribution in [0.25, 0.3) is 0 Å². The van der Waals surface area contributed by atoms with Gasteiger partial charge in [-0.1, -0.05) is 57.6 Å². The molecule has 1 atom stereocenters. The van der Waals surface area contributed by atoms with Crippen molar-refractivity contribution in [2.75, 3.05) is 0 Å². The molecule has 0 aromatic heterocycles. The topological polar surface area (TPSA) is 26.3 Å². The van der Waals surface area contributed by atoms with Crippen LogP contribution >= 0.6 is 0 Å². The second kappa shape index (κ2) is 7.68. The number of benzene rings is 1. The predicted octanol–water partition coefficient (Wildman–Crippen LogP) is 4.54. The third-order valence-electron chi connectivity index (χ3n) is 3.65. The molecule has 1 aliphatic heterocycles. The third kappa shape index (κ3) is 4.64. The van der Waals surface area contributed by atoms with Crippen molar-refractivity contribution >= 4 is 11.1 Å². The first kappa shape index (κ1) is 14.6.